The summed E-state index contributed by atoms with van der Waals surface area (Å²) in [5.41, 5.74) is 5.74. The number of piperidine rings is 1. The number of nitrogens with two attached hydrogens (primary N) is 1. The molecular formula is C14H22FN3O2S. The average Bonchev–Trinajstić information content (AvgIpc) is 2.47. The molecular weight excluding hydrogens is 293 g/mol. The molecule has 0 aromatic heterocycles. The van der Waals surface area contributed by atoms with E-state index < -0.39 is 15.8 Å². The number of hydrogen-bond acceptors (Lipinski definition) is 4. The van der Waals surface area contributed by atoms with Gasteiger partial charge in [-0.05, 0) is 57.1 Å². The van der Waals surface area contributed by atoms with Crippen molar-refractivity contribution in [1.29, 1.82) is 0 Å². The fourth-order valence-corrected chi connectivity index (χ4v) is 3.68. The van der Waals surface area contributed by atoms with Crippen LogP contribution in [-0.2, 0) is 10.0 Å². The molecule has 0 aliphatic carbocycles. The Hall–Kier alpha value is -1.18. The summed E-state index contributed by atoms with van der Waals surface area (Å²) in [7, 11) is -3.84. The highest BCUT2D eigenvalue weighted by Gasteiger charge is 2.19. The van der Waals surface area contributed by atoms with Crippen molar-refractivity contribution in [3.8, 4) is 0 Å². The fourth-order valence-electron chi connectivity index (χ4n) is 2.50. The van der Waals surface area contributed by atoms with E-state index in [4.69, 9.17) is 5.73 Å². The summed E-state index contributed by atoms with van der Waals surface area (Å²) in [6.07, 6.45) is 4.40. The van der Waals surface area contributed by atoms with Crippen molar-refractivity contribution in [2.75, 3.05) is 31.9 Å². The first-order chi connectivity index (χ1) is 9.99. The molecule has 1 heterocycles. The van der Waals surface area contributed by atoms with Gasteiger partial charge in [0.1, 0.15) is 10.7 Å². The van der Waals surface area contributed by atoms with E-state index in [0.29, 0.717) is 13.0 Å². The van der Waals surface area contributed by atoms with Crippen LogP contribution in [0.3, 0.4) is 0 Å². The normalized spacial score (nSPS) is 17.0. The first-order valence-corrected chi connectivity index (χ1v) is 8.74. The van der Waals surface area contributed by atoms with Crippen LogP contribution < -0.4 is 10.5 Å². The third-order valence-corrected chi connectivity index (χ3v) is 5.11. The molecule has 118 valence electrons. The van der Waals surface area contributed by atoms with Gasteiger partial charge in [0, 0.05) is 12.2 Å². The first kappa shape index (κ1) is 16.2. The second kappa shape index (κ2) is 7.20. The Morgan fingerprint density at radius 3 is 2.67 bits per heavy atom. The number of anilines is 1. The van der Waals surface area contributed by atoms with Crippen molar-refractivity contribution in [3.05, 3.63) is 24.0 Å². The number of nitrogen functional groups attached to an aromatic ring is 1. The highest BCUT2D eigenvalue weighted by molar-refractivity contribution is 7.89. The smallest absolute Gasteiger partial charge is 0.243 e. The zero-order valence-electron chi connectivity index (χ0n) is 12.0. The van der Waals surface area contributed by atoms with Gasteiger partial charge in [-0.2, -0.15) is 0 Å². The molecule has 7 heteroatoms. The second-order valence-corrected chi connectivity index (χ2v) is 7.08. The van der Waals surface area contributed by atoms with Gasteiger partial charge in [0.05, 0.1) is 0 Å². The van der Waals surface area contributed by atoms with E-state index in [2.05, 4.69) is 9.62 Å². The molecule has 0 radical (unpaired) electrons. The third kappa shape index (κ3) is 4.66. The summed E-state index contributed by atoms with van der Waals surface area (Å²) in [4.78, 5) is 1.94. The Kier molecular flexibility index (Phi) is 5.55. The van der Waals surface area contributed by atoms with Crippen LogP contribution in [0.4, 0.5) is 10.1 Å². The van der Waals surface area contributed by atoms with Gasteiger partial charge in [-0.25, -0.2) is 17.5 Å². The lowest BCUT2D eigenvalue weighted by molar-refractivity contribution is 0.227. The minimum Gasteiger partial charge on any atom is -0.399 e. The summed E-state index contributed by atoms with van der Waals surface area (Å²) >= 11 is 0. The Balaban J connectivity index is 1.85. The summed E-state index contributed by atoms with van der Waals surface area (Å²) in [5.74, 6) is -0.785. The van der Waals surface area contributed by atoms with E-state index in [1.165, 1.54) is 25.3 Å². The molecule has 5 nitrogen and oxygen atoms in total. The van der Waals surface area contributed by atoms with E-state index in [1.54, 1.807) is 0 Å². The molecule has 0 bridgehead atoms. The van der Waals surface area contributed by atoms with E-state index in [1.807, 2.05) is 0 Å². The quantitative estimate of drug-likeness (QED) is 0.617. The molecule has 2 rings (SSSR count). The average molecular weight is 315 g/mol. The van der Waals surface area contributed by atoms with E-state index in [9.17, 15) is 12.8 Å². The summed E-state index contributed by atoms with van der Waals surface area (Å²) < 4.78 is 40.1. The van der Waals surface area contributed by atoms with Crippen LogP contribution in [-0.4, -0.2) is 39.5 Å². The molecule has 1 saturated heterocycles. The number of rotatable bonds is 6. The largest absolute Gasteiger partial charge is 0.399 e. The zero-order valence-corrected chi connectivity index (χ0v) is 12.8. The predicted molar refractivity (Wildman–Crippen MR) is 80.9 cm³/mol. The number of nitrogens with one attached hydrogen (secondary N) is 1. The van der Waals surface area contributed by atoms with Crippen LogP contribution in [0.25, 0.3) is 0 Å². The van der Waals surface area contributed by atoms with Crippen LogP contribution in [0, 0.1) is 5.82 Å². The van der Waals surface area contributed by atoms with Gasteiger partial charge < -0.3 is 10.6 Å². The fraction of sp³-hybridized carbons (Fsp3) is 0.571. The molecule has 1 aliphatic heterocycles. The first-order valence-electron chi connectivity index (χ1n) is 7.26. The number of sulfonamides is 1. The molecule has 1 fully saturated rings. The van der Waals surface area contributed by atoms with Crippen LogP contribution in [0.5, 0.6) is 0 Å². The summed E-state index contributed by atoms with van der Waals surface area (Å²) in [6, 6.07) is 3.55. The second-order valence-electron chi connectivity index (χ2n) is 5.34. The van der Waals surface area contributed by atoms with Crippen LogP contribution >= 0.6 is 0 Å². The van der Waals surface area contributed by atoms with Crippen LogP contribution in [0.2, 0.25) is 0 Å². The molecule has 0 spiro atoms. The van der Waals surface area contributed by atoms with Crippen molar-refractivity contribution in [1.82, 2.24) is 9.62 Å². The van der Waals surface area contributed by atoms with Crippen molar-refractivity contribution >= 4 is 15.7 Å². The summed E-state index contributed by atoms with van der Waals surface area (Å²) in [5, 5.41) is 0. The Morgan fingerprint density at radius 2 is 1.95 bits per heavy atom. The molecule has 0 unspecified atom stereocenters. The maximum Gasteiger partial charge on any atom is 0.243 e. The molecule has 21 heavy (non-hydrogen) atoms. The third-order valence-electron chi connectivity index (χ3n) is 3.64. The number of nitrogens with zero attached hydrogens (tertiary/aromatic N) is 1. The molecule has 3 N–H and O–H groups in total. The Bertz CT molecular complexity index is 572. The number of hydrogen-bond donors (Lipinski definition) is 2. The van der Waals surface area contributed by atoms with Gasteiger partial charge in [0.25, 0.3) is 0 Å². The predicted octanol–water partition coefficient (Wildman–Crippen LogP) is 1.56. The number of likely N-dealkylation sites (tertiary alicyclic amines) is 1. The maximum absolute atomic E-state index is 13.6. The monoisotopic (exact) mass is 315 g/mol. The van der Waals surface area contributed by atoms with Crippen molar-refractivity contribution in [2.24, 2.45) is 0 Å². The molecule has 0 atom stereocenters. The van der Waals surface area contributed by atoms with Gasteiger partial charge in [0.2, 0.25) is 10.0 Å². The van der Waals surface area contributed by atoms with E-state index in [0.717, 1.165) is 31.8 Å². The SMILES string of the molecule is Nc1ccc(F)c(S(=O)(=O)NCCCN2CCCCC2)c1. The molecule has 1 aromatic carbocycles. The van der Waals surface area contributed by atoms with Gasteiger partial charge in [-0.3, -0.25) is 0 Å². The lowest BCUT2D eigenvalue weighted by atomic mass is 10.1. The zero-order chi connectivity index (χ0) is 15.3. The lowest BCUT2D eigenvalue weighted by Crippen LogP contribution is -2.33. The highest BCUT2D eigenvalue weighted by Crippen LogP contribution is 2.17. The van der Waals surface area contributed by atoms with E-state index in [-0.39, 0.29) is 10.6 Å². The molecule has 0 amide bonds. The van der Waals surface area contributed by atoms with Crippen molar-refractivity contribution in [3.63, 3.8) is 0 Å². The van der Waals surface area contributed by atoms with Gasteiger partial charge in [0.15, 0.2) is 0 Å². The Morgan fingerprint density at radius 1 is 1.24 bits per heavy atom. The van der Waals surface area contributed by atoms with Crippen molar-refractivity contribution < 1.29 is 12.8 Å². The molecule has 1 aliphatic rings. The van der Waals surface area contributed by atoms with Crippen LogP contribution in [0.15, 0.2) is 23.1 Å². The van der Waals surface area contributed by atoms with Crippen molar-refractivity contribution in [2.45, 2.75) is 30.6 Å². The van der Waals surface area contributed by atoms with Gasteiger partial charge >= 0.3 is 0 Å². The minimum absolute atomic E-state index is 0.227. The lowest BCUT2D eigenvalue weighted by Gasteiger charge is -2.26. The topological polar surface area (TPSA) is 75.4 Å². The van der Waals surface area contributed by atoms with E-state index >= 15 is 0 Å². The molecule has 1 aromatic rings. The minimum atomic E-state index is -3.84. The van der Waals surface area contributed by atoms with Crippen LogP contribution in [0.1, 0.15) is 25.7 Å². The maximum atomic E-state index is 13.6. The number of halogens is 1. The number of benzene rings is 1. The Labute approximate surface area is 125 Å². The molecule has 0 saturated carbocycles. The van der Waals surface area contributed by atoms with Gasteiger partial charge in [-0.15, -0.1) is 0 Å². The van der Waals surface area contributed by atoms with Gasteiger partial charge in [-0.1, -0.05) is 6.42 Å². The standard InChI is InChI=1S/C14H22FN3O2S/c15-13-6-5-12(16)11-14(13)21(19,20)17-7-4-10-18-8-2-1-3-9-18/h5-6,11,17H,1-4,7-10,16H2. The highest BCUT2D eigenvalue weighted by atomic mass is 32.2. The summed E-state index contributed by atoms with van der Waals surface area (Å²) in [6.45, 7) is 3.32.